The molecule has 6 rings (SSSR count). The number of ether oxygens (including phenoxy) is 1. The number of aliphatic carboxylic acids is 1. The SMILES string of the molecule is CC(C)(C)c1csc(N[C@H]2CCCCCC=C[C@@H]3C[C@@]3(C(=O)O)NC(=O)[C@@H]3C[C@@H](Oc4nccc5ccccc45)CN3C2=O)n1. The van der Waals surface area contributed by atoms with Gasteiger partial charge in [-0.25, -0.2) is 14.8 Å². The molecule has 2 aromatic heterocycles. The molecule has 1 aromatic carbocycles. The standard InChI is InChI=1S/C34H41N5O5S/c1-33(2,3)27-20-45-32(37-27)36-25-14-8-6-4-5-7-12-22-18-34(22,31(42)43)38-28(40)26-17-23(19-39(26)30(25)41)44-29-24-13-10-9-11-21(24)15-16-35-29/h7,9-13,15-16,20,22-23,25-26H,4-6,8,14,17-19H2,1-3H3,(H,36,37)(H,38,40)(H,42,43)/t22-,23-,25+,26+,34-/m1/s1. The highest BCUT2D eigenvalue weighted by atomic mass is 32.1. The van der Waals surface area contributed by atoms with E-state index in [-0.39, 0.29) is 30.2 Å². The molecular weight excluding hydrogens is 590 g/mol. The second kappa shape index (κ2) is 12.4. The number of hydrogen-bond donors (Lipinski definition) is 3. The molecule has 2 aliphatic heterocycles. The van der Waals surface area contributed by atoms with Gasteiger partial charge in [-0.2, -0.15) is 0 Å². The van der Waals surface area contributed by atoms with Gasteiger partial charge in [0.2, 0.25) is 17.7 Å². The molecule has 1 saturated heterocycles. The largest absolute Gasteiger partial charge is 0.479 e. The van der Waals surface area contributed by atoms with Gasteiger partial charge in [0, 0.05) is 34.7 Å². The van der Waals surface area contributed by atoms with Crippen LogP contribution in [0.15, 0.2) is 54.1 Å². The molecule has 11 heteroatoms. The van der Waals surface area contributed by atoms with Gasteiger partial charge < -0.3 is 25.4 Å². The van der Waals surface area contributed by atoms with Crippen LogP contribution < -0.4 is 15.4 Å². The summed E-state index contributed by atoms with van der Waals surface area (Å²) in [6.45, 7) is 6.47. The number of pyridine rings is 1. The van der Waals surface area contributed by atoms with Crippen LogP contribution in [-0.2, 0) is 19.8 Å². The maximum absolute atomic E-state index is 14.4. The molecule has 0 radical (unpaired) electrons. The molecular formula is C34H41N5O5S. The van der Waals surface area contributed by atoms with Crippen molar-refractivity contribution >= 4 is 45.0 Å². The van der Waals surface area contributed by atoms with E-state index in [4.69, 9.17) is 9.72 Å². The highest BCUT2D eigenvalue weighted by Crippen LogP contribution is 2.45. The van der Waals surface area contributed by atoms with E-state index in [2.05, 4.69) is 36.4 Å². The molecule has 3 aromatic rings. The average molecular weight is 632 g/mol. The van der Waals surface area contributed by atoms with Crippen molar-refractivity contribution < 1.29 is 24.2 Å². The number of aromatic nitrogens is 2. The lowest BCUT2D eigenvalue weighted by Crippen LogP contribution is -2.55. The van der Waals surface area contributed by atoms with E-state index in [9.17, 15) is 19.5 Å². The zero-order chi connectivity index (χ0) is 31.8. The zero-order valence-electron chi connectivity index (χ0n) is 26.0. The summed E-state index contributed by atoms with van der Waals surface area (Å²) in [7, 11) is 0. The Bertz CT molecular complexity index is 1610. The molecule has 45 heavy (non-hydrogen) atoms. The molecule has 3 N–H and O–H groups in total. The number of hydrogen-bond acceptors (Lipinski definition) is 8. The number of anilines is 1. The summed E-state index contributed by atoms with van der Waals surface area (Å²) in [5.74, 6) is -1.59. The van der Waals surface area contributed by atoms with Crippen molar-refractivity contribution in [2.45, 2.75) is 94.9 Å². The Morgan fingerprint density at radius 1 is 1.18 bits per heavy atom. The lowest BCUT2D eigenvalue weighted by atomic mass is 9.93. The summed E-state index contributed by atoms with van der Waals surface area (Å²) < 4.78 is 6.39. The number of carbonyl (C=O) groups is 3. The summed E-state index contributed by atoms with van der Waals surface area (Å²) in [6.07, 6.45) is 9.74. The van der Waals surface area contributed by atoms with Gasteiger partial charge in [0.05, 0.1) is 12.2 Å². The predicted octanol–water partition coefficient (Wildman–Crippen LogP) is 5.30. The van der Waals surface area contributed by atoms with Crippen LogP contribution in [0.4, 0.5) is 5.13 Å². The Balaban J connectivity index is 1.30. The lowest BCUT2D eigenvalue weighted by molar-refractivity contribution is -0.145. The van der Waals surface area contributed by atoms with Gasteiger partial charge in [-0.1, -0.05) is 64.0 Å². The van der Waals surface area contributed by atoms with E-state index in [1.807, 2.05) is 47.9 Å². The second-order valence-electron chi connectivity index (χ2n) is 13.4. The van der Waals surface area contributed by atoms with Gasteiger partial charge >= 0.3 is 5.97 Å². The number of allylic oxidation sites excluding steroid dienone is 1. The molecule has 4 heterocycles. The highest BCUT2D eigenvalue weighted by molar-refractivity contribution is 7.13. The average Bonchev–Trinajstić information content (AvgIpc) is 3.30. The van der Waals surface area contributed by atoms with Crippen molar-refractivity contribution in [1.29, 1.82) is 0 Å². The molecule has 3 aliphatic rings. The van der Waals surface area contributed by atoms with Crippen LogP contribution in [0.1, 0.15) is 71.4 Å². The Morgan fingerprint density at radius 2 is 2.00 bits per heavy atom. The monoisotopic (exact) mass is 631 g/mol. The Morgan fingerprint density at radius 3 is 2.78 bits per heavy atom. The van der Waals surface area contributed by atoms with Gasteiger partial charge in [0.1, 0.15) is 23.7 Å². The fourth-order valence-corrected chi connectivity index (χ4v) is 7.32. The van der Waals surface area contributed by atoms with E-state index < -0.39 is 35.6 Å². The van der Waals surface area contributed by atoms with Crippen LogP contribution in [0.5, 0.6) is 5.88 Å². The molecule has 2 fully saturated rings. The number of carbonyl (C=O) groups excluding carboxylic acids is 2. The third-order valence-corrected chi connectivity index (χ3v) is 9.88. The molecule has 0 bridgehead atoms. The van der Waals surface area contributed by atoms with Crippen LogP contribution in [0.3, 0.4) is 0 Å². The van der Waals surface area contributed by atoms with Crippen molar-refractivity contribution in [2.75, 3.05) is 11.9 Å². The summed E-state index contributed by atoms with van der Waals surface area (Å²) in [6, 6.07) is 8.18. The number of nitrogens with zero attached hydrogens (tertiary/aromatic N) is 3. The fraction of sp³-hybridized carbons (Fsp3) is 0.500. The van der Waals surface area contributed by atoms with E-state index >= 15 is 0 Å². The Hall–Kier alpha value is -3.99. The zero-order valence-corrected chi connectivity index (χ0v) is 26.8. The number of rotatable bonds is 5. The number of amides is 2. The number of thiazole rings is 1. The van der Waals surface area contributed by atoms with E-state index in [0.717, 1.165) is 42.1 Å². The van der Waals surface area contributed by atoms with Crippen molar-refractivity contribution in [3.63, 3.8) is 0 Å². The van der Waals surface area contributed by atoms with E-state index in [1.54, 1.807) is 11.1 Å². The van der Waals surface area contributed by atoms with Crippen LogP contribution in [0.25, 0.3) is 10.8 Å². The Kier molecular flexibility index (Phi) is 8.56. The predicted molar refractivity (Wildman–Crippen MR) is 173 cm³/mol. The minimum Gasteiger partial charge on any atom is -0.479 e. The number of carboxylic acid groups (broad SMARTS) is 1. The molecule has 0 unspecified atom stereocenters. The first-order valence-corrected chi connectivity index (χ1v) is 16.7. The Labute approximate surface area is 267 Å². The van der Waals surface area contributed by atoms with Crippen LogP contribution >= 0.6 is 11.3 Å². The maximum Gasteiger partial charge on any atom is 0.330 e. The van der Waals surface area contributed by atoms with Gasteiger partial charge in [0.15, 0.2) is 5.13 Å². The first kappa shape index (κ1) is 31.0. The van der Waals surface area contributed by atoms with Crippen LogP contribution in [-0.4, -0.2) is 68.0 Å². The molecule has 10 nitrogen and oxygen atoms in total. The van der Waals surface area contributed by atoms with Crippen molar-refractivity contribution in [3.05, 3.63) is 59.8 Å². The summed E-state index contributed by atoms with van der Waals surface area (Å²) >= 11 is 1.47. The maximum atomic E-state index is 14.4. The number of benzene rings is 1. The van der Waals surface area contributed by atoms with Crippen molar-refractivity contribution in [2.24, 2.45) is 5.92 Å². The highest BCUT2D eigenvalue weighted by Gasteiger charge is 2.61. The van der Waals surface area contributed by atoms with Gasteiger partial charge in [-0.05, 0) is 43.2 Å². The second-order valence-corrected chi connectivity index (χ2v) is 14.3. The first-order chi connectivity index (χ1) is 21.5. The molecule has 5 atom stereocenters. The van der Waals surface area contributed by atoms with Gasteiger partial charge in [0.25, 0.3) is 0 Å². The molecule has 2 amide bonds. The summed E-state index contributed by atoms with van der Waals surface area (Å²) in [4.78, 5) is 51.5. The number of nitrogens with one attached hydrogen (secondary N) is 2. The fourth-order valence-electron chi connectivity index (χ4n) is 6.32. The minimum absolute atomic E-state index is 0.130. The third-order valence-electron chi connectivity index (χ3n) is 9.11. The normalized spacial score (nSPS) is 27.6. The van der Waals surface area contributed by atoms with Crippen LogP contribution in [0, 0.1) is 5.92 Å². The molecule has 238 valence electrons. The molecule has 1 aliphatic carbocycles. The summed E-state index contributed by atoms with van der Waals surface area (Å²) in [5.41, 5.74) is -0.547. The van der Waals surface area contributed by atoms with E-state index in [0.29, 0.717) is 23.9 Å². The van der Waals surface area contributed by atoms with Crippen LogP contribution in [0.2, 0.25) is 0 Å². The number of fused-ring (bicyclic) bond motifs is 3. The lowest BCUT2D eigenvalue weighted by Gasteiger charge is -2.29. The van der Waals surface area contributed by atoms with E-state index in [1.165, 1.54) is 11.3 Å². The minimum atomic E-state index is -1.36. The van der Waals surface area contributed by atoms with Gasteiger partial charge in [-0.3, -0.25) is 9.59 Å². The third kappa shape index (κ3) is 6.54. The quantitative estimate of drug-likeness (QED) is 0.323. The number of carboxylic acids is 1. The summed E-state index contributed by atoms with van der Waals surface area (Å²) in [5, 5.41) is 20.9. The molecule has 1 saturated carbocycles. The van der Waals surface area contributed by atoms with Gasteiger partial charge in [-0.15, -0.1) is 11.3 Å². The van der Waals surface area contributed by atoms with Crippen molar-refractivity contribution in [1.82, 2.24) is 20.2 Å². The smallest absolute Gasteiger partial charge is 0.330 e. The topological polar surface area (TPSA) is 134 Å². The van der Waals surface area contributed by atoms with Crippen molar-refractivity contribution in [3.8, 4) is 5.88 Å². The molecule has 0 spiro atoms. The first-order valence-electron chi connectivity index (χ1n) is 15.8.